The maximum atomic E-state index is 11.6. The highest BCUT2D eigenvalue weighted by Crippen LogP contribution is 2.25. The van der Waals surface area contributed by atoms with Crippen molar-refractivity contribution >= 4 is 56.4 Å². The van der Waals surface area contributed by atoms with Crippen molar-refractivity contribution in [1.29, 1.82) is 0 Å². The van der Waals surface area contributed by atoms with E-state index in [1.807, 2.05) is 11.4 Å². The maximum Gasteiger partial charge on any atom is 0.326 e. The van der Waals surface area contributed by atoms with Crippen LogP contribution in [0.4, 0.5) is 14.9 Å². The van der Waals surface area contributed by atoms with Crippen LogP contribution in [0, 0.1) is 0 Å². The van der Waals surface area contributed by atoms with Crippen molar-refractivity contribution in [1.82, 2.24) is 10.2 Å². The third-order valence-corrected chi connectivity index (χ3v) is 4.69. The van der Waals surface area contributed by atoms with Crippen molar-refractivity contribution in [2.75, 3.05) is 16.4 Å². The smallest absolute Gasteiger partial charge is 0.299 e. The normalized spacial score (nSPS) is 10.2. The van der Waals surface area contributed by atoms with Crippen LogP contribution in [0.2, 0.25) is 0 Å². The van der Waals surface area contributed by atoms with Gasteiger partial charge >= 0.3 is 6.03 Å². The first kappa shape index (κ1) is 14.0. The lowest BCUT2D eigenvalue weighted by atomic mass is 10.5. The Kier molecular flexibility index (Phi) is 4.88. The van der Waals surface area contributed by atoms with Crippen molar-refractivity contribution in [2.24, 2.45) is 0 Å². The highest BCUT2D eigenvalue weighted by Gasteiger charge is 2.09. The van der Waals surface area contributed by atoms with Crippen LogP contribution in [0.5, 0.6) is 0 Å². The summed E-state index contributed by atoms with van der Waals surface area (Å²) in [6.45, 7) is 1.52. The Hall–Kier alpha value is -1.45. The molecule has 6 nitrogen and oxygen atoms in total. The summed E-state index contributed by atoms with van der Waals surface area (Å²) in [6.07, 6.45) is 0. The van der Waals surface area contributed by atoms with Crippen molar-refractivity contribution < 1.29 is 9.59 Å². The largest absolute Gasteiger partial charge is 0.326 e. The van der Waals surface area contributed by atoms with Crippen molar-refractivity contribution in [3.8, 4) is 0 Å². The molecule has 0 saturated heterocycles. The van der Waals surface area contributed by atoms with Gasteiger partial charge in [-0.3, -0.25) is 15.4 Å². The Morgan fingerprint density at radius 2 is 2.21 bits per heavy atom. The first-order chi connectivity index (χ1) is 9.13. The number of Topliss-reactive ketones (excluding diaryl/α,β-unsaturated/α-hetero) is 1. The van der Waals surface area contributed by atoms with E-state index < -0.39 is 0 Å². The second-order valence-electron chi connectivity index (χ2n) is 3.42. The minimum absolute atomic E-state index is 0.0742. The minimum atomic E-state index is -0.360. The van der Waals surface area contributed by atoms with Gasteiger partial charge in [0, 0.05) is 0 Å². The van der Waals surface area contributed by atoms with E-state index >= 15 is 0 Å². The van der Waals surface area contributed by atoms with Gasteiger partial charge in [-0.05, 0) is 24.4 Å². The topological polar surface area (TPSA) is 84.0 Å². The highest BCUT2D eigenvalue weighted by molar-refractivity contribution is 8.01. The van der Waals surface area contributed by atoms with Gasteiger partial charge in [0.05, 0.1) is 10.8 Å². The summed E-state index contributed by atoms with van der Waals surface area (Å²) >= 11 is 3.98. The summed E-state index contributed by atoms with van der Waals surface area (Å²) in [5, 5.41) is 16.0. The molecule has 0 aromatic carbocycles. The number of thioether (sulfide) groups is 1. The average Bonchev–Trinajstić information content (AvgIpc) is 2.98. The Labute approximate surface area is 121 Å². The molecule has 9 heteroatoms. The molecule has 0 radical (unpaired) electrons. The molecule has 0 saturated carbocycles. The number of nitrogens with one attached hydrogen (secondary N) is 2. The molecule has 2 aromatic rings. The molecule has 0 aliphatic carbocycles. The van der Waals surface area contributed by atoms with E-state index in [1.54, 1.807) is 6.07 Å². The third-order valence-electron chi connectivity index (χ3n) is 1.78. The maximum absolute atomic E-state index is 11.6. The second kappa shape index (κ2) is 6.64. The van der Waals surface area contributed by atoms with E-state index in [1.165, 1.54) is 41.4 Å². The highest BCUT2D eigenvalue weighted by atomic mass is 32.2. The van der Waals surface area contributed by atoms with Crippen molar-refractivity contribution in [3.63, 3.8) is 0 Å². The van der Waals surface area contributed by atoms with Crippen LogP contribution >= 0.6 is 34.4 Å². The van der Waals surface area contributed by atoms with Crippen LogP contribution in [-0.2, 0) is 4.79 Å². The molecule has 0 fully saturated rings. The van der Waals surface area contributed by atoms with Gasteiger partial charge in [0.1, 0.15) is 5.78 Å². The zero-order valence-corrected chi connectivity index (χ0v) is 12.3. The summed E-state index contributed by atoms with van der Waals surface area (Å²) in [6, 6.07) is 3.29. The second-order valence-corrected chi connectivity index (χ2v) is 6.57. The van der Waals surface area contributed by atoms with Crippen LogP contribution in [0.3, 0.4) is 0 Å². The lowest BCUT2D eigenvalue weighted by Crippen LogP contribution is -2.18. The molecular weight excluding hydrogens is 304 g/mol. The summed E-state index contributed by atoms with van der Waals surface area (Å²) in [4.78, 5) is 22.5. The summed E-state index contributed by atoms with van der Waals surface area (Å²) < 4.78 is 0.654. The molecule has 100 valence electrons. The first-order valence-corrected chi connectivity index (χ1v) is 7.89. The molecular formula is C10H10N4O2S3. The molecule has 2 amide bonds. The number of carbonyl (C=O) groups is 2. The van der Waals surface area contributed by atoms with Crippen molar-refractivity contribution in [3.05, 3.63) is 17.5 Å². The van der Waals surface area contributed by atoms with E-state index in [9.17, 15) is 9.59 Å². The quantitative estimate of drug-likeness (QED) is 0.655. The average molecular weight is 314 g/mol. The molecule has 2 heterocycles. The number of rotatable bonds is 5. The van der Waals surface area contributed by atoms with Gasteiger partial charge in [-0.1, -0.05) is 23.1 Å². The molecule has 2 rings (SSSR count). The summed E-state index contributed by atoms with van der Waals surface area (Å²) in [5.74, 6) is 0.431. The van der Waals surface area contributed by atoms with Gasteiger partial charge in [0.15, 0.2) is 4.34 Å². The van der Waals surface area contributed by atoms with Gasteiger partial charge in [-0.15, -0.1) is 21.5 Å². The van der Waals surface area contributed by atoms with Gasteiger partial charge in [-0.2, -0.15) is 0 Å². The zero-order valence-electron chi connectivity index (χ0n) is 9.87. The molecule has 0 unspecified atom stereocenters. The predicted octanol–water partition coefficient (Wildman–Crippen LogP) is 2.92. The fourth-order valence-electron chi connectivity index (χ4n) is 1.07. The lowest BCUT2D eigenvalue weighted by Gasteiger charge is -2.01. The zero-order chi connectivity index (χ0) is 13.7. The summed E-state index contributed by atoms with van der Waals surface area (Å²) in [5.41, 5.74) is 0. The third kappa shape index (κ3) is 4.62. The van der Waals surface area contributed by atoms with Crippen LogP contribution in [0.15, 0.2) is 21.9 Å². The molecule has 0 spiro atoms. The van der Waals surface area contributed by atoms with Gasteiger partial charge in [-0.25, -0.2) is 4.79 Å². The van der Waals surface area contributed by atoms with Crippen molar-refractivity contribution in [2.45, 2.75) is 11.3 Å². The summed E-state index contributed by atoms with van der Waals surface area (Å²) in [7, 11) is 0. The van der Waals surface area contributed by atoms with E-state index in [4.69, 9.17) is 0 Å². The SMILES string of the molecule is CC(=O)CSc1nnc(NC(=O)Nc2cccs2)s1. The number of hydrogen-bond acceptors (Lipinski definition) is 7. The fraction of sp³-hybridized carbons (Fsp3) is 0.200. The number of anilines is 2. The van der Waals surface area contributed by atoms with Gasteiger partial charge < -0.3 is 0 Å². The van der Waals surface area contributed by atoms with E-state index in [2.05, 4.69) is 20.8 Å². The monoisotopic (exact) mass is 314 g/mol. The molecule has 0 bridgehead atoms. The van der Waals surface area contributed by atoms with E-state index in [0.29, 0.717) is 15.2 Å². The fourth-order valence-corrected chi connectivity index (χ4v) is 3.23. The number of amides is 2. The number of hydrogen-bond donors (Lipinski definition) is 2. The van der Waals surface area contributed by atoms with Crippen LogP contribution in [-0.4, -0.2) is 27.8 Å². The van der Waals surface area contributed by atoms with Crippen LogP contribution in [0.25, 0.3) is 0 Å². The van der Waals surface area contributed by atoms with Gasteiger partial charge in [0.25, 0.3) is 0 Å². The molecule has 0 aliphatic rings. The first-order valence-electron chi connectivity index (χ1n) is 5.21. The number of carbonyl (C=O) groups excluding carboxylic acids is 2. The molecule has 0 aliphatic heterocycles. The van der Waals surface area contributed by atoms with Crippen LogP contribution in [0.1, 0.15) is 6.92 Å². The Bertz CT molecular complexity index is 567. The molecule has 19 heavy (non-hydrogen) atoms. The molecule has 2 N–H and O–H groups in total. The number of ketones is 1. The Balaban J connectivity index is 1.85. The predicted molar refractivity (Wildman–Crippen MR) is 78.3 cm³/mol. The van der Waals surface area contributed by atoms with Gasteiger partial charge in [0.2, 0.25) is 5.13 Å². The molecule has 0 atom stereocenters. The number of nitrogens with zero attached hydrogens (tertiary/aromatic N) is 2. The number of urea groups is 1. The standard InChI is InChI=1S/C10H10N4O2S3/c1-6(15)5-18-10-14-13-9(19-10)12-8(16)11-7-3-2-4-17-7/h2-4H,5H2,1H3,(H2,11,12,13,16). The Morgan fingerprint density at radius 3 is 2.89 bits per heavy atom. The number of aromatic nitrogens is 2. The number of thiophene rings is 1. The van der Waals surface area contributed by atoms with E-state index in [0.717, 1.165) is 5.00 Å². The lowest BCUT2D eigenvalue weighted by molar-refractivity contribution is -0.114. The Morgan fingerprint density at radius 1 is 1.37 bits per heavy atom. The van der Waals surface area contributed by atoms with E-state index in [-0.39, 0.29) is 11.8 Å². The molecule has 2 aromatic heterocycles. The minimum Gasteiger partial charge on any atom is -0.299 e. The van der Waals surface area contributed by atoms with Crippen LogP contribution < -0.4 is 10.6 Å².